The van der Waals surface area contributed by atoms with Gasteiger partial charge in [0.2, 0.25) is 5.91 Å². The van der Waals surface area contributed by atoms with Crippen molar-refractivity contribution >= 4 is 17.5 Å². The molecule has 0 aliphatic carbocycles. The lowest BCUT2D eigenvalue weighted by atomic mass is 9.87. The predicted molar refractivity (Wildman–Crippen MR) is 106 cm³/mol. The molecule has 5 heteroatoms. The van der Waals surface area contributed by atoms with Crippen LogP contribution >= 0.6 is 11.6 Å². The van der Waals surface area contributed by atoms with Gasteiger partial charge in [-0.2, -0.15) is 0 Å². The molecule has 0 spiro atoms. The van der Waals surface area contributed by atoms with Gasteiger partial charge in [0.1, 0.15) is 0 Å². The van der Waals surface area contributed by atoms with Crippen molar-refractivity contribution in [2.24, 2.45) is 5.92 Å². The Hall–Kier alpha value is -0.320. The SMILES string of the molecule is CCCCCCCCCCC[C@@H]1CCN[C@H](C(=O)NC[C@H](O)CCl)C1. The van der Waals surface area contributed by atoms with Crippen molar-refractivity contribution in [3.63, 3.8) is 0 Å². The molecule has 1 saturated heterocycles. The van der Waals surface area contributed by atoms with Crippen LogP contribution in [0.15, 0.2) is 0 Å². The first-order valence-corrected chi connectivity index (χ1v) is 11.0. The third-order valence-corrected chi connectivity index (χ3v) is 5.59. The van der Waals surface area contributed by atoms with Crippen LogP contribution in [0.3, 0.4) is 0 Å². The first kappa shape index (κ1) is 22.7. The summed E-state index contributed by atoms with van der Waals surface area (Å²) in [5.74, 6) is 0.806. The molecule has 1 fully saturated rings. The van der Waals surface area contributed by atoms with E-state index in [9.17, 15) is 9.90 Å². The summed E-state index contributed by atoms with van der Waals surface area (Å²) in [5, 5.41) is 15.5. The maximum Gasteiger partial charge on any atom is 0.237 e. The highest BCUT2D eigenvalue weighted by Gasteiger charge is 2.26. The lowest BCUT2D eigenvalue weighted by Gasteiger charge is -2.29. The van der Waals surface area contributed by atoms with E-state index in [1.165, 1.54) is 70.6 Å². The molecular weight excluding hydrogens is 336 g/mol. The normalized spacial score (nSPS) is 21.9. The zero-order chi connectivity index (χ0) is 18.3. The fraction of sp³-hybridized carbons (Fsp3) is 0.950. The lowest BCUT2D eigenvalue weighted by Crippen LogP contribution is -2.50. The molecule has 1 aliphatic heterocycles. The molecule has 0 aromatic rings. The van der Waals surface area contributed by atoms with Gasteiger partial charge >= 0.3 is 0 Å². The fourth-order valence-electron chi connectivity index (χ4n) is 3.60. The summed E-state index contributed by atoms with van der Waals surface area (Å²) < 4.78 is 0. The van der Waals surface area contributed by atoms with Gasteiger partial charge in [0.15, 0.2) is 0 Å². The Morgan fingerprint density at radius 1 is 1.16 bits per heavy atom. The molecule has 3 N–H and O–H groups in total. The van der Waals surface area contributed by atoms with Gasteiger partial charge in [-0.15, -0.1) is 11.6 Å². The molecule has 0 aromatic heterocycles. The molecule has 0 saturated carbocycles. The second kappa shape index (κ2) is 14.8. The number of aliphatic hydroxyl groups excluding tert-OH is 1. The van der Waals surface area contributed by atoms with Crippen molar-refractivity contribution in [3.05, 3.63) is 0 Å². The first-order valence-electron chi connectivity index (χ1n) is 10.4. The monoisotopic (exact) mass is 374 g/mol. The minimum absolute atomic E-state index is 0.000876. The van der Waals surface area contributed by atoms with Crippen molar-refractivity contribution in [2.75, 3.05) is 19.0 Å². The van der Waals surface area contributed by atoms with E-state index in [0.717, 1.165) is 13.0 Å². The average Bonchev–Trinajstić information content (AvgIpc) is 2.64. The number of unbranched alkanes of at least 4 members (excludes halogenated alkanes) is 8. The van der Waals surface area contributed by atoms with E-state index in [1.54, 1.807) is 0 Å². The molecule has 0 aromatic carbocycles. The summed E-state index contributed by atoms with van der Waals surface area (Å²) in [4.78, 5) is 12.2. The molecule has 1 aliphatic rings. The summed E-state index contributed by atoms with van der Waals surface area (Å²) in [7, 11) is 0. The van der Waals surface area contributed by atoms with E-state index in [4.69, 9.17) is 11.6 Å². The molecule has 1 heterocycles. The molecule has 0 radical (unpaired) electrons. The Labute approximate surface area is 159 Å². The number of alkyl halides is 1. The van der Waals surface area contributed by atoms with Gasteiger partial charge in [0.05, 0.1) is 18.0 Å². The minimum atomic E-state index is -0.660. The number of carbonyl (C=O) groups is 1. The number of halogens is 1. The van der Waals surface area contributed by atoms with Gasteiger partial charge in [-0.3, -0.25) is 4.79 Å². The third kappa shape index (κ3) is 11.1. The second-order valence-corrected chi connectivity index (χ2v) is 7.88. The maximum atomic E-state index is 12.2. The summed E-state index contributed by atoms with van der Waals surface area (Å²) in [6, 6.07) is -0.111. The largest absolute Gasteiger partial charge is 0.390 e. The van der Waals surface area contributed by atoms with E-state index in [2.05, 4.69) is 17.6 Å². The van der Waals surface area contributed by atoms with Crippen LogP contribution in [-0.2, 0) is 4.79 Å². The summed E-state index contributed by atoms with van der Waals surface area (Å²) in [6.07, 6.45) is 14.9. The maximum absolute atomic E-state index is 12.2. The quantitative estimate of drug-likeness (QED) is 0.318. The molecule has 0 bridgehead atoms. The lowest BCUT2D eigenvalue weighted by molar-refractivity contribution is -0.124. The smallest absolute Gasteiger partial charge is 0.237 e. The number of aliphatic hydroxyl groups is 1. The molecule has 25 heavy (non-hydrogen) atoms. The number of piperidine rings is 1. The number of hydrogen-bond acceptors (Lipinski definition) is 3. The highest BCUT2D eigenvalue weighted by Crippen LogP contribution is 2.23. The Bertz CT molecular complexity index is 342. The molecular formula is C20H39ClN2O2. The van der Waals surface area contributed by atoms with Crippen LogP contribution < -0.4 is 10.6 Å². The van der Waals surface area contributed by atoms with Gasteiger partial charge in [-0.25, -0.2) is 0 Å². The zero-order valence-corrected chi connectivity index (χ0v) is 16.8. The van der Waals surface area contributed by atoms with Crippen LogP contribution in [0, 0.1) is 5.92 Å². The van der Waals surface area contributed by atoms with E-state index in [-0.39, 0.29) is 24.4 Å². The Balaban J connectivity index is 2.06. The van der Waals surface area contributed by atoms with Crippen LogP contribution in [0.2, 0.25) is 0 Å². The van der Waals surface area contributed by atoms with Crippen LogP contribution in [0.25, 0.3) is 0 Å². The number of hydrogen-bond donors (Lipinski definition) is 3. The number of amides is 1. The summed E-state index contributed by atoms with van der Waals surface area (Å²) in [6.45, 7) is 3.42. The van der Waals surface area contributed by atoms with Gasteiger partial charge in [0, 0.05) is 6.54 Å². The highest BCUT2D eigenvalue weighted by atomic mass is 35.5. The predicted octanol–water partition coefficient (Wildman–Crippen LogP) is 3.99. The van der Waals surface area contributed by atoms with Crippen molar-refractivity contribution in [1.82, 2.24) is 10.6 Å². The molecule has 148 valence electrons. The van der Waals surface area contributed by atoms with E-state index < -0.39 is 6.10 Å². The zero-order valence-electron chi connectivity index (χ0n) is 16.1. The van der Waals surface area contributed by atoms with Crippen LogP contribution in [0.5, 0.6) is 0 Å². The standard InChI is InChI=1S/C20H39ClN2O2/c1-2-3-4-5-6-7-8-9-10-11-17-12-13-22-19(14-17)20(25)23-16-18(24)15-21/h17-19,22,24H,2-16H2,1H3,(H,23,25)/t17-,18-,19+/m1/s1. The topological polar surface area (TPSA) is 61.4 Å². The van der Waals surface area contributed by atoms with Crippen LogP contribution in [-0.4, -0.2) is 42.1 Å². The van der Waals surface area contributed by atoms with Crippen molar-refractivity contribution in [2.45, 2.75) is 96.1 Å². The van der Waals surface area contributed by atoms with Crippen molar-refractivity contribution in [3.8, 4) is 0 Å². The number of nitrogens with one attached hydrogen (secondary N) is 2. The molecule has 3 atom stereocenters. The fourth-order valence-corrected chi connectivity index (χ4v) is 3.71. The van der Waals surface area contributed by atoms with Crippen LogP contribution in [0.1, 0.15) is 84.0 Å². The van der Waals surface area contributed by atoms with E-state index >= 15 is 0 Å². The summed E-state index contributed by atoms with van der Waals surface area (Å²) in [5.41, 5.74) is 0. The van der Waals surface area contributed by atoms with Gasteiger partial charge < -0.3 is 15.7 Å². The van der Waals surface area contributed by atoms with Crippen molar-refractivity contribution in [1.29, 1.82) is 0 Å². The van der Waals surface area contributed by atoms with E-state index in [0.29, 0.717) is 5.92 Å². The molecule has 0 unspecified atom stereocenters. The minimum Gasteiger partial charge on any atom is -0.390 e. The van der Waals surface area contributed by atoms with Gasteiger partial charge in [0.25, 0.3) is 0 Å². The Kier molecular flexibility index (Phi) is 13.5. The van der Waals surface area contributed by atoms with Crippen LogP contribution in [0.4, 0.5) is 0 Å². The van der Waals surface area contributed by atoms with E-state index in [1.807, 2.05) is 0 Å². The average molecular weight is 375 g/mol. The summed E-state index contributed by atoms with van der Waals surface area (Å²) >= 11 is 5.55. The van der Waals surface area contributed by atoms with Gasteiger partial charge in [-0.05, 0) is 25.3 Å². The second-order valence-electron chi connectivity index (χ2n) is 7.57. The molecule has 1 amide bonds. The Morgan fingerprint density at radius 3 is 2.44 bits per heavy atom. The highest BCUT2D eigenvalue weighted by molar-refractivity contribution is 6.18. The van der Waals surface area contributed by atoms with Crippen molar-refractivity contribution < 1.29 is 9.90 Å². The number of carbonyl (C=O) groups excluding carboxylic acids is 1. The molecule has 1 rings (SSSR count). The van der Waals surface area contributed by atoms with Gasteiger partial charge in [-0.1, -0.05) is 71.1 Å². The number of rotatable bonds is 14. The third-order valence-electron chi connectivity index (χ3n) is 5.23. The first-order chi connectivity index (χ1) is 12.2. The molecule has 4 nitrogen and oxygen atoms in total. The Morgan fingerprint density at radius 2 is 1.80 bits per heavy atom.